The fourth-order valence-electron chi connectivity index (χ4n) is 2.20. The number of nitrogens with one attached hydrogen (secondary N) is 1. The van der Waals surface area contributed by atoms with Gasteiger partial charge in [-0.25, -0.2) is 4.39 Å². The van der Waals surface area contributed by atoms with Crippen LogP contribution in [-0.4, -0.2) is 11.1 Å². The average molecular weight is 252 g/mol. The van der Waals surface area contributed by atoms with Gasteiger partial charge in [0.15, 0.2) is 5.83 Å². The molecule has 1 aromatic heterocycles. The zero-order valence-electron chi connectivity index (χ0n) is 10.7. The zero-order chi connectivity index (χ0) is 13.3. The molecule has 1 aromatic rings. The Labute approximate surface area is 105 Å². The molecule has 5 heteroatoms. The molecule has 0 fully saturated rings. The first-order chi connectivity index (χ1) is 8.39. The molecule has 98 valence electrons. The quantitative estimate of drug-likeness (QED) is 0.840. The summed E-state index contributed by atoms with van der Waals surface area (Å²) in [6.45, 7) is 7.50. The number of aromatic nitrogens is 1. The van der Waals surface area contributed by atoms with Crippen LogP contribution in [-0.2, 0) is 24.2 Å². The molecular weight excluding hydrogens is 235 g/mol. The fraction of sp³-hybridized carbons (Fsp3) is 0.538. The number of amides is 1. The Morgan fingerprint density at radius 1 is 1.61 bits per heavy atom. The maximum absolute atomic E-state index is 12.5. The first-order valence-corrected chi connectivity index (χ1v) is 5.98. The summed E-state index contributed by atoms with van der Waals surface area (Å²) < 4.78 is 17.8. The summed E-state index contributed by atoms with van der Waals surface area (Å²) in [5, 5.41) is 6.38. The number of carbonyl (C=O) groups is 1. The van der Waals surface area contributed by atoms with Crippen molar-refractivity contribution in [2.24, 2.45) is 5.41 Å². The second-order valence-electron chi connectivity index (χ2n) is 5.46. The number of fused-ring (bicyclic) bond motifs is 1. The highest BCUT2D eigenvalue weighted by Crippen LogP contribution is 2.36. The molecule has 1 heterocycles. The van der Waals surface area contributed by atoms with E-state index in [2.05, 4.69) is 30.9 Å². The second-order valence-corrected chi connectivity index (χ2v) is 5.46. The molecule has 0 atom stereocenters. The number of halogens is 1. The SMILES string of the molecule is C=C(F)C(=O)NCc1noc2c1CC(C)(C)CC2. The van der Waals surface area contributed by atoms with Gasteiger partial charge in [-0.15, -0.1) is 0 Å². The Morgan fingerprint density at radius 3 is 3.00 bits per heavy atom. The van der Waals surface area contributed by atoms with Crippen LogP contribution >= 0.6 is 0 Å². The molecule has 1 aliphatic carbocycles. The summed E-state index contributed by atoms with van der Waals surface area (Å²) >= 11 is 0. The van der Waals surface area contributed by atoms with E-state index in [9.17, 15) is 9.18 Å². The average Bonchev–Trinajstić information content (AvgIpc) is 2.66. The molecule has 0 saturated carbocycles. The third-order valence-corrected chi connectivity index (χ3v) is 3.30. The van der Waals surface area contributed by atoms with Gasteiger partial charge in [0.2, 0.25) is 0 Å². The first-order valence-electron chi connectivity index (χ1n) is 5.98. The van der Waals surface area contributed by atoms with Crippen LogP contribution < -0.4 is 5.32 Å². The van der Waals surface area contributed by atoms with E-state index in [-0.39, 0.29) is 12.0 Å². The minimum absolute atomic E-state index is 0.177. The normalized spacial score (nSPS) is 17.1. The molecule has 0 bridgehead atoms. The van der Waals surface area contributed by atoms with E-state index < -0.39 is 11.7 Å². The van der Waals surface area contributed by atoms with Crippen LogP contribution in [0.15, 0.2) is 16.9 Å². The summed E-state index contributed by atoms with van der Waals surface area (Å²) in [5.74, 6) is -0.910. The molecule has 0 radical (unpaired) electrons. The molecule has 0 aliphatic heterocycles. The van der Waals surface area contributed by atoms with Crippen LogP contribution in [0.4, 0.5) is 4.39 Å². The van der Waals surface area contributed by atoms with Crippen molar-refractivity contribution in [3.8, 4) is 0 Å². The maximum atomic E-state index is 12.5. The summed E-state index contributed by atoms with van der Waals surface area (Å²) in [6.07, 6.45) is 2.79. The summed E-state index contributed by atoms with van der Waals surface area (Å²) in [5.41, 5.74) is 1.95. The van der Waals surface area contributed by atoms with E-state index in [0.29, 0.717) is 5.69 Å². The summed E-state index contributed by atoms with van der Waals surface area (Å²) in [7, 11) is 0. The van der Waals surface area contributed by atoms with E-state index in [1.165, 1.54) is 0 Å². The number of aryl methyl sites for hydroxylation is 1. The van der Waals surface area contributed by atoms with Gasteiger partial charge in [0, 0.05) is 12.0 Å². The minimum Gasteiger partial charge on any atom is -0.361 e. The Bertz CT molecular complexity index is 491. The highest BCUT2D eigenvalue weighted by Gasteiger charge is 2.30. The van der Waals surface area contributed by atoms with E-state index in [1.807, 2.05) is 0 Å². The summed E-state index contributed by atoms with van der Waals surface area (Å²) in [4.78, 5) is 11.1. The molecule has 2 rings (SSSR count). The molecule has 4 nitrogen and oxygen atoms in total. The van der Waals surface area contributed by atoms with E-state index in [4.69, 9.17) is 4.52 Å². The van der Waals surface area contributed by atoms with Crippen LogP contribution in [0.5, 0.6) is 0 Å². The Kier molecular flexibility index (Phi) is 3.24. The van der Waals surface area contributed by atoms with Gasteiger partial charge in [-0.05, 0) is 18.3 Å². The molecule has 0 spiro atoms. The molecule has 0 saturated heterocycles. The molecule has 18 heavy (non-hydrogen) atoms. The van der Waals surface area contributed by atoms with Crippen molar-refractivity contribution in [3.63, 3.8) is 0 Å². The Hall–Kier alpha value is -1.65. The molecule has 1 amide bonds. The van der Waals surface area contributed by atoms with Gasteiger partial charge in [0.25, 0.3) is 5.91 Å². The topological polar surface area (TPSA) is 55.1 Å². The van der Waals surface area contributed by atoms with Gasteiger partial charge in [-0.3, -0.25) is 4.79 Å². The van der Waals surface area contributed by atoms with Crippen molar-refractivity contribution in [2.75, 3.05) is 0 Å². The van der Waals surface area contributed by atoms with E-state index >= 15 is 0 Å². The fourth-order valence-corrected chi connectivity index (χ4v) is 2.20. The lowest BCUT2D eigenvalue weighted by Gasteiger charge is -2.28. The van der Waals surface area contributed by atoms with Crippen molar-refractivity contribution in [1.29, 1.82) is 0 Å². The predicted molar refractivity (Wildman–Crippen MR) is 64.4 cm³/mol. The predicted octanol–water partition coefficient (Wildman–Crippen LogP) is 2.29. The number of hydrogen-bond donors (Lipinski definition) is 1. The van der Waals surface area contributed by atoms with Crippen LogP contribution in [0, 0.1) is 5.41 Å². The Balaban J connectivity index is 2.09. The van der Waals surface area contributed by atoms with Crippen molar-refractivity contribution in [1.82, 2.24) is 10.5 Å². The van der Waals surface area contributed by atoms with Crippen molar-refractivity contribution >= 4 is 5.91 Å². The van der Waals surface area contributed by atoms with Gasteiger partial charge in [-0.2, -0.15) is 0 Å². The van der Waals surface area contributed by atoms with Crippen molar-refractivity contribution < 1.29 is 13.7 Å². The van der Waals surface area contributed by atoms with E-state index in [1.54, 1.807) is 0 Å². The Morgan fingerprint density at radius 2 is 2.33 bits per heavy atom. The highest BCUT2D eigenvalue weighted by atomic mass is 19.1. The smallest absolute Gasteiger partial charge is 0.279 e. The van der Waals surface area contributed by atoms with Crippen molar-refractivity contribution in [3.05, 3.63) is 29.4 Å². The van der Waals surface area contributed by atoms with Crippen LogP contribution in [0.25, 0.3) is 0 Å². The number of rotatable bonds is 3. The van der Waals surface area contributed by atoms with E-state index in [0.717, 1.165) is 30.6 Å². The monoisotopic (exact) mass is 252 g/mol. The molecule has 1 aliphatic rings. The lowest BCUT2D eigenvalue weighted by molar-refractivity contribution is -0.119. The van der Waals surface area contributed by atoms with Gasteiger partial charge in [0.1, 0.15) is 11.5 Å². The number of nitrogens with zero attached hydrogens (tertiary/aromatic N) is 1. The standard InChI is InChI=1S/C13H17FN2O2/c1-8(14)12(17)15-7-10-9-6-13(2,3)5-4-11(9)18-16-10/h1,4-7H2,2-3H3,(H,15,17). The van der Waals surface area contributed by atoms with Crippen molar-refractivity contribution in [2.45, 2.75) is 39.7 Å². The van der Waals surface area contributed by atoms with Gasteiger partial charge in [-0.1, -0.05) is 25.6 Å². The maximum Gasteiger partial charge on any atom is 0.279 e. The molecule has 0 aromatic carbocycles. The lowest BCUT2D eigenvalue weighted by Crippen LogP contribution is -2.26. The minimum atomic E-state index is -0.993. The van der Waals surface area contributed by atoms with Gasteiger partial charge >= 0.3 is 0 Å². The largest absolute Gasteiger partial charge is 0.361 e. The van der Waals surface area contributed by atoms with Crippen LogP contribution in [0.2, 0.25) is 0 Å². The van der Waals surface area contributed by atoms with Crippen LogP contribution in [0.3, 0.4) is 0 Å². The molecule has 1 N–H and O–H groups in total. The highest BCUT2D eigenvalue weighted by molar-refractivity contribution is 5.90. The third-order valence-electron chi connectivity index (χ3n) is 3.30. The zero-order valence-corrected chi connectivity index (χ0v) is 10.7. The first kappa shape index (κ1) is 12.8. The van der Waals surface area contributed by atoms with Crippen LogP contribution in [0.1, 0.15) is 37.3 Å². The molecular formula is C13H17FN2O2. The molecule has 0 unspecified atom stereocenters. The number of hydrogen-bond acceptors (Lipinski definition) is 3. The van der Waals surface area contributed by atoms with Gasteiger partial charge < -0.3 is 9.84 Å². The second kappa shape index (κ2) is 4.55. The number of carbonyl (C=O) groups excluding carboxylic acids is 1. The van der Waals surface area contributed by atoms with Gasteiger partial charge in [0.05, 0.1) is 6.54 Å². The lowest BCUT2D eigenvalue weighted by atomic mass is 9.76. The third kappa shape index (κ3) is 2.60. The summed E-state index contributed by atoms with van der Waals surface area (Å²) in [6, 6.07) is 0.